The highest BCUT2D eigenvalue weighted by atomic mass is 16.8. The Kier molecular flexibility index (Phi) is 14.7. The van der Waals surface area contributed by atoms with E-state index in [0.29, 0.717) is 39.8 Å². The normalized spacial score (nSPS) is 28.0. The first kappa shape index (κ1) is 47.5. The molecule has 17 nitrogen and oxygen atoms in total. The third kappa shape index (κ3) is 10.3. The molecule has 64 heavy (non-hydrogen) atoms. The molecule has 8 atom stereocenters. The van der Waals surface area contributed by atoms with Gasteiger partial charge in [0, 0.05) is 56.3 Å². The van der Waals surface area contributed by atoms with Crippen molar-refractivity contribution in [1.82, 2.24) is 19.1 Å². The molecule has 17 heteroatoms. The van der Waals surface area contributed by atoms with Crippen molar-refractivity contribution >= 4 is 57.7 Å². The molecular weight excluding hydrogens is 829 g/mol. The maximum atomic E-state index is 13.5. The van der Waals surface area contributed by atoms with Crippen molar-refractivity contribution in [3.8, 4) is 11.5 Å². The van der Waals surface area contributed by atoms with Crippen LogP contribution in [0.3, 0.4) is 0 Å². The van der Waals surface area contributed by atoms with E-state index < -0.39 is 60.1 Å². The number of hydrogen-bond acceptors (Lipinski definition) is 15. The second kappa shape index (κ2) is 19.8. The van der Waals surface area contributed by atoms with Crippen molar-refractivity contribution in [1.29, 1.82) is 0 Å². The fourth-order valence-electron chi connectivity index (χ4n) is 7.41. The number of hydrogen-bond donors (Lipinski definition) is 3. The Balaban J connectivity index is 0.000000216. The number of imidazole rings is 2. The first-order chi connectivity index (χ1) is 30.3. The van der Waals surface area contributed by atoms with Gasteiger partial charge in [-0.05, 0) is 52.7 Å². The third-order valence-electron chi connectivity index (χ3n) is 11.4. The molecule has 7 rings (SSSR count). The molecule has 4 aromatic rings. The zero-order valence-electron chi connectivity index (χ0n) is 37.4. The van der Waals surface area contributed by atoms with Crippen LogP contribution in [-0.4, -0.2) is 114 Å². The molecule has 0 saturated carbocycles. The lowest BCUT2D eigenvalue weighted by Gasteiger charge is -2.21. The van der Waals surface area contributed by atoms with Gasteiger partial charge in [0.15, 0.2) is 24.1 Å². The maximum Gasteiger partial charge on any atom is 0.342 e. The molecule has 2 aromatic heterocycles. The van der Waals surface area contributed by atoms with Crippen molar-refractivity contribution < 1.29 is 62.9 Å². The number of phenols is 1. The number of aromatic hydroxyl groups is 1. The van der Waals surface area contributed by atoms with E-state index in [1.807, 2.05) is 24.6 Å². The summed E-state index contributed by atoms with van der Waals surface area (Å²) in [5, 5.41) is 30.7. The van der Waals surface area contributed by atoms with Crippen molar-refractivity contribution in [3.63, 3.8) is 0 Å². The van der Waals surface area contributed by atoms with Gasteiger partial charge in [-0.1, -0.05) is 50.3 Å². The van der Waals surface area contributed by atoms with Crippen LogP contribution in [0.4, 0.5) is 0 Å². The first-order valence-corrected chi connectivity index (χ1v) is 21.0. The van der Waals surface area contributed by atoms with Crippen molar-refractivity contribution in [3.05, 3.63) is 83.5 Å². The number of ether oxygens (including phenoxy) is 6. The van der Waals surface area contributed by atoms with E-state index in [9.17, 15) is 34.5 Å². The van der Waals surface area contributed by atoms with Gasteiger partial charge in [0.1, 0.15) is 47.0 Å². The number of fused-ring (bicyclic) bond motifs is 7. The van der Waals surface area contributed by atoms with Gasteiger partial charge < -0.3 is 52.9 Å². The molecule has 0 spiro atoms. The van der Waals surface area contributed by atoms with Gasteiger partial charge in [-0.2, -0.15) is 0 Å². The second-order valence-electron chi connectivity index (χ2n) is 16.7. The Labute approximate surface area is 370 Å². The van der Waals surface area contributed by atoms with Gasteiger partial charge in [-0.3, -0.25) is 9.59 Å². The molecule has 3 aliphatic heterocycles. The molecule has 0 radical (unpaired) electrons. The number of ketones is 2. The summed E-state index contributed by atoms with van der Waals surface area (Å²) in [6.07, 6.45) is 11.0. The molecule has 3 N–H and O–H groups in total. The average Bonchev–Trinajstić information content (AvgIpc) is 3.91. The fourth-order valence-corrected chi connectivity index (χ4v) is 7.41. The topological polar surface area (TPSA) is 220 Å². The number of nitrogens with zero attached hydrogens (tertiary/aromatic N) is 4. The zero-order chi connectivity index (χ0) is 46.6. The van der Waals surface area contributed by atoms with Crippen LogP contribution in [0.2, 0.25) is 0 Å². The number of aryl methyl sites for hydroxylation is 2. The van der Waals surface area contributed by atoms with E-state index in [2.05, 4.69) is 9.97 Å². The van der Waals surface area contributed by atoms with Crippen LogP contribution in [0.25, 0.3) is 34.2 Å². The van der Waals surface area contributed by atoms with Gasteiger partial charge >= 0.3 is 11.9 Å². The van der Waals surface area contributed by atoms with Crippen LogP contribution >= 0.6 is 0 Å². The SMILES string of the molecule is COCOc1cc2c(ncn2C)c2c1C(=O)O[C@@H](C)[C@H](C)/C=C\C(=O)[C@H]1OC(C)(C)O[C@H]1CC=C2.C[C@@H]1/C=C\C(=O)[C@@H](O)[C@@H](O)C/C=C/c2c(c(O)cc3c2ncn3C)C(=O)O[C@H]1C. The number of carbonyl (C=O) groups is 4. The lowest BCUT2D eigenvalue weighted by molar-refractivity contribution is -0.152. The highest BCUT2D eigenvalue weighted by molar-refractivity contribution is 6.05. The number of aliphatic hydroxyl groups excluding tert-OH is 2. The predicted molar refractivity (Wildman–Crippen MR) is 235 cm³/mol. The molecule has 1 fully saturated rings. The average molecular weight is 885 g/mol. The van der Waals surface area contributed by atoms with Crippen LogP contribution < -0.4 is 4.74 Å². The summed E-state index contributed by atoms with van der Waals surface area (Å²) in [5.74, 6) is -3.42. The Morgan fingerprint density at radius 2 is 1.28 bits per heavy atom. The van der Waals surface area contributed by atoms with Gasteiger partial charge in [-0.15, -0.1) is 0 Å². The van der Waals surface area contributed by atoms with E-state index >= 15 is 0 Å². The Morgan fingerprint density at radius 1 is 0.750 bits per heavy atom. The smallest absolute Gasteiger partial charge is 0.342 e. The number of esters is 2. The Morgan fingerprint density at radius 3 is 1.88 bits per heavy atom. The van der Waals surface area contributed by atoms with Crippen LogP contribution in [0.15, 0.2) is 61.2 Å². The van der Waals surface area contributed by atoms with E-state index in [-0.39, 0.29) is 47.7 Å². The first-order valence-electron chi connectivity index (χ1n) is 21.0. The highest BCUT2D eigenvalue weighted by Gasteiger charge is 2.44. The quantitative estimate of drug-likeness (QED) is 0.170. The molecule has 5 heterocycles. The number of aliphatic hydroxyl groups is 2. The number of benzene rings is 2. The van der Waals surface area contributed by atoms with Crippen LogP contribution in [0.5, 0.6) is 11.5 Å². The van der Waals surface area contributed by atoms with Crippen molar-refractivity contribution in [2.24, 2.45) is 25.9 Å². The molecule has 0 bridgehead atoms. The largest absolute Gasteiger partial charge is 0.507 e. The molecule has 1 saturated heterocycles. The van der Waals surface area contributed by atoms with Gasteiger partial charge in [-0.25, -0.2) is 19.6 Å². The lowest BCUT2D eigenvalue weighted by Crippen LogP contribution is -2.32. The van der Waals surface area contributed by atoms with Gasteiger partial charge in [0.05, 0.1) is 46.9 Å². The summed E-state index contributed by atoms with van der Waals surface area (Å²) >= 11 is 0. The van der Waals surface area contributed by atoms with Gasteiger partial charge in [0.25, 0.3) is 0 Å². The molecule has 2 aromatic carbocycles. The minimum atomic E-state index is -1.57. The molecule has 0 unspecified atom stereocenters. The summed E-state index contributed by atoms with van der Waals surface area (Å²) in [4.78, 5) is 60.1. The molecule has 0 amide bonds. The van der Waals surface area contributed by atoms with Crippen molar-refractivity contribution in [2.45, 2.75) is 96.8 Å². The zero-order valence-corrected chi connectivity index (χ0v) is 37.4. The monoisotopic (exact) mass is 884 g/mol. The number of methoxy groups -OCH3 is 1. The maximum absolute atomic E-state index is 13.5. The Hall–Kier alpha value is -5.98. The van der Waals surface area contributed by atoms with E-state index in [1.165, 1.54) is 43.6 Å². The van der Waals surface area contributed by atoms with Crippen LogP contribution in [-0.2, 0) is 47.4 Å². The van der Waals surface area contributed by atoms with Gasteiger partial charge in [0.2, 0.25) is 0 Å². The number of cyclic esters (lactones) is 2. The molecule has 0 aliphatic carbocycles. The van der Waals surface area contributed by atoms with Crippen molar-refractivity contribution in [2.75, 3.05) is 13.9 Å². The Bertz CT molecular complexity index is 2530. The lowest BCUT2D eigenvalue weighted by atomic mass is 9.99. The minimum Gasteiger partial charge on any atom is -0.507 e. The fraction of sp³-hybridized carbons (Fsp3) is 0.447. The predicted octanol–water partition coefficient (Wildman–Crippen LogP) is 5.52. The summed E-state index contributed by atoms with van der Waals surface area (Å²) in [5.41, 5.74) is 3.64. The van der Waals surface area contributed by atoms with E-state index in [0.717, 1.165) is 5.52 Å². The number of carbonyl (C=O) groups excluding carboxylic acids is 4. The molecule has 342 valence electrons. The van der Waals surface area contributed by atoms with Crippen LogP contribution in [0, 0.1) is 11.8 Å². The van der Waals surface area contributed by atoms with E-state index in [1.54, 1.807) is 77.1 Å². The molecular formula is C47H56N4O13. The summed E-state index contributed by atoms with van der Waals surface area (Å²) in [6.45, 7) is 10.6. The highest BCUT2D eigenvalue weighted by Crippen LogP contribution is 2.36. The summed E-state index contributed by atoms with van der Waals surface area (Å²) < 4.78 is 37.7. The molecule has 3 aliphatic rings. The minimum absolute atomic E-state index is 0.0290. The number of rotatable bonds is 3. The second-order valence-corrected chi connectivity index (χ2v) is 16.7. The summed E-state index contributed by atoms with van der Waals surface area (Å²) in [6, 6.07) is 3.21. The summed E-state index contributed by atoms with van der Waals surface area (Å²) in [7, 11) is 5.14. The van der Waals surface area contributed by atoms with E-state index in [4.69, 9.17) is 28.4 Å². The number of aromatic nitrogens is 4. The number of phenolic OH excluding ortho intramolecular Hbond substituents is 1. The third-order valence-corrected chi connectivity index (χ3v) is 11.4. The van der Waals surface area contributed by atoms with Crippen LogP contribution in [0.1, 0.15) is 86.2 Å². The standard InChI is InChI=1S/C26H32N2O7.C21H24N2O6/c1-15-10-11-19(29)24-20(34-26(3,4)35-24)9-7-8-17-22(25(30)33-16(15)2)21(32-14-31-6)12-18-23(17)27-13-28(18)5;1-11-7-8-16(25)20(27)15(24)6-4-5-13-18(21(28)29-12(11)2)17(26)9-14-19(13)22-10-23(14)3/h7-8,10-13,15-16,20,24H,9,14H2,1-6H3;4-5,7-12,15,20,24,26-27H,6H2,1-3H3/b8-7?,11-10-;5-4+,8-7-/t15-,16+,20+,24-;11-,12+,15+,20+/m11/s1.